The summed E-state index contributed by atoms with van der Waals surface area (Å²) in [4.78, 5) is 23.4. The van der Waals surface area contributed by atoms with Gasteiger partial charge in [-0.1, -0.05) is 17.7 Å². The minimum atomic E-state index is -4.63. The number of alkyl halides is 3. The second kappa shape index (κ2) is 8.09. The molecule has 0 saturated carbocycles. The number of ether oxygens (including phenoxy) is 1. The molecule has 0 saturated heterocycles. The number of rotatable bonds is 5. The van der Waals surface area contributed by atoms with Crippen molar-refractivity contribution in [2.75, 3.05) is 19.0 Å². The molecule has 2 N–H and O–H groups in total. The summed E-state index contributed by atoms with van der Waals surface area (Å²) in [5.41, 5.74) is -0.761. The summed E-state index contributed by atoms with van der Waals surface area (Å²) >= 11 is 5.52. The third-order valence-corrected chi connectivity index (χ3v) is 3.58. The van der Waals surface area contributed by atoms with Gasteiger partial charge in [-0.25, -0.2) is 0 Å². The van der Waals surface area contributed by atoms with Crippen molar-refractivity contribution in [2.45, 2.75) is 6.18 Å². The minimum Gasteiger partial charge on any atom is -0.484 e. The van der Waals surface area contributed by atoms with Crippen LogP contribution in [-0.4, -0.2) is 25.5 Å². The van der Waals surface area contributed by atoms with E-state index in [4.69, 9.17) is 16.3 Å². The van der Waals surface area contributed by atoms with Gasteiger partial charge in [0.1, 0.15) is 5.75 Å². The molecule has 0 aromatic heterocycles. The third-order valence-electron chi connectivity index (χ3n) is 3.25. The molecule has 0 fully saturated rings. The number of carbonyl (C=O) groups excluding carboxylic acids is 2. The molecule has 2 aromatic carbocycles. The number of hydrogen-bond donors (Lipinski definition) is 2. The number of halogens is 4. The molecule has 0 heterocycles. The summed E-state index contributed by atoms with van der Waals surface area (Å²) in [6.45, 7) is -0.443. The van der Waals surface area contributed by atoms with E-state index < -0.39 is 29.3 Å². The highest BCUT2D eigenvalue weighted by atomic mass is 35.5. The van der Waals surface area contributed by atoms with Gasteiger partial charge in [-0.05, 0) is 36.4 Å². The first kappa shape index (κ1) is 19.6. The molecular weight excluding hydrogens is 373 g/mol. The average Bonchev–Trinajstić information content (AvgIpc) is 2.60. The Hall–Kier alpha value is -2.74. The fourth-order valence-electron chi connectivity index (χ4n) is 2.04. The highest BCUT2D eigenvalue weighted by molar-refractivity contribution is 6.31. The van der Waals surface area contributed by atoms with E-state index in [0.717, 1.165) is 12.1 Å². The van der Waals surface area contributed by atoms with Gasteiger partial charge in [-0.3, -0.25) is 9.59 Å². The normalized spacial score (nSPS) is 11.0. The van der Waals surface area contributed by atoms with E-state index in [1.807, 2.05) is 0 Å². The molecular formula is C17H14ClF3N2O3. The van der Waals surface area contributed by atoms with Crippen molar-refractivity contribution < 1.29 is 27.5 Å². The van der Waals surface area contributed by atoms with Crippen molar-refractivity contribution >= 4 is 29.1 Å². The van der Waals surface area contributed by atoms with Crippen LogP contribution in [-0.2, 0) is 11.0 Å². The van der Waals surface area contributed by atoms with E-state index in [9.17, 15) is 22.8 Å². The Bertz CT molecular complexity index is 825. The van der Waals surface area contributed by atoms with Crippen molar-refractivity contribution in [3.63, 3.8) is 0 Å². The minimum absolute atomic E-state index is 0.0607. The van der Waals surface area contributed by atoms with Crippen LogP contribution in [0.25, 0.3) is 0 Å². The Kier molecular flexibility index (Phi) is 6.10. The van der Waals surface area contributed by atoms with Gasteiger partial charge in [0.15, 0.2) is 6.61 Å². The van der Waals surface area contributed by atoms with Gasteiger partial charge < -0.3 is 15.4 Å². The van der Waals surface area contributed by atoms with Gasteiger partial charge in [0.2, 0.25) is 0 Å². The van der Waals surface area contributed by atoms with Crippen LogP contribution in [0.3, 0.4) is 0 Å². The summed E-state index contributed by atoms with van der Waals surface area (Å²) in [5.74, 6) is -0.708. The Morgan fingerprint density at radius 2 is 1.88 bits per heavy atom. The standard InChI is InChI=1S/C17H14ClF3N2O3/c1-22-16(25)10-3-2-4-12(7-10)26-9-15(24)23-11-5-6-14(18)13(8-11)17(19,20)21/h2-8H,9H2,1H3,(H,22,25)(H,23,24). The molecule has 0 bridgehead atoms. The van der Waals surface area contributed by atoms with Crippen LogP contribution in [0.4, 0.5) is 18.9 Å². The van der Waals surface area contributed by atoms with Gasteiger partial charge in [0.25, 0.3) is 11.8 Å². The number of hydrogen-bond acceptors (Lipinski definition) is 3. The Morgan fingerprint density at radius 3 is 2.54 bits per heavy atom. The van der Waals surface area contributed by atoms with E-state index in [1.165, 1.54) is 19.2 Å². The van der Waals surface area contributed by atoms with E-state index in [1.54, 1.807) is 18.2 Å². The topological polar surface area (TPSA) is 67.4 Å². The molecule has 0 aliphatic carbocycles. The van der Waals surface area contributed by atoms with Crippen molar-refractivity contribution in [1.82, 2.24) is 5.32 Å². The summed E-state index contributed by atoms with van der Waals surface area (Å²) in [6.07, 6.45) is -4.63. The van der Waals surface area contributed by atoms with Gasteiger partial charge in [-0.15, -0.1) is 0 Å². The maximum absolute atomic E-state index is 12.8. The maximum atomic E-state index is 12.8. The van der Waals surface area contributed by atoms with Crippen molar-refractivity contribution in [1.29, 1.82) is 0 Å². The van der Waals surface area contributed by atoms with Crippen LogP contribution >= 0.6 is 11.6 Å². The molecule has 2 rings (SSSR count). The molecule has 0 atom stereocenters. The average molecular weight is 387 g/mol. The first-order valence-electron chi connectivity index (χ1n) is 7.32. The van der Waals surface area contributed by atoms with Crippen LogP contribution in [0.2, 0.25) is 5.02 Å². The summed E-state index contributed by atoms with van der Waals surface area (Å²) in [5, 5.41) is 4.29. The molecule has 0 radical (unpaired) electrons. The van der Waals surface area contributed by atoms with Crippen LogP contribution < -0.4 is 15.4 Å². The molecule has 2 aromatic rings. The van der Waals surface area contributed by atoms with E-state index in [2.05, 4.69) is 10.6 Å². The molecule has 0 unspecified atom stereocenters. The Balaban J connectivity index is 2.01. The van der Waals surface area contributed by atoms with Crippen molar-refractivity contribution in [3.05, 3.63) is 58.6 Å². The first-order chi connectivity index (χ1) is 12.2. The van der Waals surface area contributed by atoms with Gasteiger partial charge in [-0.2, -0.15) is 13.2 Å². The molecule has 9 heteroatoms. The number of benzene rings is 2. The molecule has 0 spiro atoms. The number of anilines is 1. The molecule has 2 amide bonds. The highest BCUT2D eigenvalue weighted by Crippen LogP contribution is 2.36. The fourth-order valence-corrected chi connectivity index (χ4v) is 2.26. The lowest BCUT2D eigenvalue weighted by Gasteiger charge is -2.12. The predicted molar refractivity (Wildman–Crippen MR) is 90.4 cm³/mol. The molecule has 26 heavy (non-hydrogen) atoms. The Labute approximate surface area is 152 Å². The quantitative estimate of drug-likeness (QED) is 0.822. The van der Waals surface area contributed by atoms with Crippen molar-refractivity contribution in [3.8, 4) is 5.75 Å². The lowest BCUT2D eigenvalue weighted by molar-refractivity contribution is -0.137. The zero-order valence-corrected chi connectivity index (χ0v) is 14.2. The van der Waals surface area contributed by atoms with Crippen LogP contribution in [0.15, 0.2) is 42.5 Å². The lowest BCUT2D eigenvalue weighted by atomic mass is 10.2. The van der Waals surface area contributed by atoms with Gasteiger partial charge in [0, 0.05) is 18.3 Å². The van der Waals surface area contributed by atoms with Crippen LogP contribution in [0, 0.1) is 0 Å². The zero-order chi connectivity index (χ0) is 19.3. The second-order valence-corrected chi connectivity index (χ2v) is 5.54. The highest BCUT2D eigenvalue weighted by Gasteiger charge is 2.33. The van der Waals surface area contributed by atoms with Crippen LogP contribution in [0.5, 0.6) is 5.75 Å². The predicted octanol–water partition coefficient (Wildman–Crippen LogP) is 3.74. The van der Waals surface area contributed by atoms with E-state index >= 15 is 0 Å². The Morgan fingerprint density at radius 1 is 1.15 bits per heavy atom. The lowest BCUT2D eigenvalue weighted by Crippen LogP contribution is -2.21. The number of amides is 2. The molecule has 0 aliphatic rings. The molecule has 0 aliphatic heterocycles. The van der Waals surface area contributed by atoms with E-state index in [-0.39, 0.29) is 17.3 Å². The zero-order valence-electron chi connectivity index (χ0n) is 13.5. The largest absolute Gasteiger partial charge is 0.484 e. The molecule has 138 valence electrons. The monoisotopic (exact) mass is 386 g/mol. The van der Waals surface area contributed by atoms with Gasteiger partial charge in [0.05, 0.1) is 10.6 Å². The smallest absolute Gasteiger partial charge is 0.417 e. The maximum Gasteiger partial charge on any atom is 0.417 e. The number of carbonyl (C=O) groups is 2. The van der Waals surface area contributed by atoms with E-state index in [0.29, 0.717) is 5.56 Å². The SMILES string of the molecule is CNC(=O)c1cccc(OCC(=O)Nc2ccc(Cl)c(C(F)(F)F)c2)c1. The van der Waals surface area contributed by atoms with Gasteiger partial charge >= 0.3 is 6.18 Å². The summed E-state index contributed by atoms with van der Waals surface area (Å²) < 4.78 is 43.7. The number of nitrogens with one attached hydrogen (secondary N) is 2. The third kappa shape index (κ3) is 5.13. The molecule has 5 nitrogen and oxygen atoms in total. The van der Waals surface area contributed by atoms with Crippen molar-refractivity contribution in [2.24, 2.45) is 0 Å². The van der Waals surface area contributed by atoms with Crippen LogP contribution in [0.1, 0.15) is 15.9 Å². The second-order valence-electron chi connectivity index (χ2n) is 5.14. The summed E-state index contributed by atoms with van der Waals surface area (Å²) in [6, 6.07) is 9.17. The first-order valence-corrected chi connectivity index (χ1v) is 7.70. The fraction of sp³-hybridized carbons (Fsp3) is 0.176. The summed E-state index contributed by atoms with van der Waals surface area (Å²) in [7, 11) is 1.48.